The topological polar surface area (TPSA) is 56.3 Å². The molecule has 1 aliphatic rings. The van der Waals surface area contributed by atoms with Crippen LogP contribution in [-0.4, -0.2) is 40.1 Å². The second kappa shape index (κ2) is 6.98. The Morgan fingerprint density at radius 3 is 2.79 bits per heavy atom. The maximum atomic E-state index is 13.0. The van der Waals surface area contributed by atoms with Crippen LogP contribution in [0.2, 0.25) is 0 Å². The highest BCUT2D eigenvalue weighted by Crippen LogP contribution is 2.28. The van der Waals surface area contributed by atoms with Crippen molar-refractivity contribution in [1.82, 2.24) is 9.88 Å². The number of rotatable bonds is 3. The number of amides is 1. The maximum Gasteiger partial charge on any atom is 0.227 e. The van der Waals surface area contributed by atoms with E-state index < -0.39 is 0 Å². The van der Waals surface area contributed by atoms with E-state index in [1.54, 1.807) is 0 Å². The zero-order valence-electron chi connectivity index (χ0n) is 15.0. The van der Waals surface area contributed by atoms with E-state index in [0.29, 0.717) is 6.42 Å². The maximum absolute atomic E-state index is 13.0. The van der Waals surface area contributed by atoms with Gasteiger partial charge in [-0.1, -0.05) is 24.5 Å². The monoisotopic (exact) mass is 328 g/mol. The van der Waals surface area contributed by atoms with Crippen LogP contribution in [0.15, 0.2) is 12.1 Å². The van der Waals surface area contributed by atoms with Crippen LogP contribution < -0.4 is 0 Å². The van der Waals surface area contributed by atoms with Crippen LogP contribution in [0, 0.1) is 20.8 Å². The van der Waals surface area contributed by atoms with Crippen molar-refractivity contribution in [3.63, 3.8) is 0 Å². The number of aromatic amines is 1. The van der Waals surface area contributed by atoms with Gasteiger partial charge in [-0.05, 0) is 50.8 Å². The molecule has 0 radical (unpaired) electrons. The number of aliphatic hydroxyl groups excluding tert-OH is 1. The number of aromatic nitrogens is 1. The lowest BCUT2D eigenvalue weighted by Crippen LogP contribution is -2.42. The lowest BCUT2D eigenvalue weighted by Gasteiger charge is -2.28. The van der Waals surface area contributed by atoms with Crippen LogP contribution in [0.4, 0.5) is 0 Å². The quantitative estimate of drug-likeness (QED) is 0.907. The van der Waals surface area contributed by atoms with E-state index in [1.165, 1.54) is 11.1 Å². The van der Waals surface area contributed by atoms with Crippen LogP contribution in [0.25, 0.3) is 10.9 Å². The molecule has 130 valence electrons. The van der Waals surface area contributed by atoms with Crippen molar-refractivity contribution in [3.8, 4) is 0 Å². The number of benzene rings is 1. The number of nitrogens with zero attached hydrogens (tertiary/aromatic N) is 1. The molecule has 4 heteroatoms. The van der Waals surface area contributed by atoms with Crippen molar-refractivity contribution in [2.45, 2.75) is 58.9 Å². The van der Waals surface area contributed by atoms with Gasteiger partial charge in [0.05, 0.1) is 19.1 Å². The van der Waals surface area contributed by atoms with E-state index >= 15 is 0 Å². The molecule has 0 saturated carbocycles. The summed E-state index contributed by atoms with van der Waals surface area (Å²) < 4.78 is 0. The normalized spacial score (nSPS) is 18.8. The van der Waals surface area contributed by atoms with Crippen molar-refractivity contribution in [2.24, 2.45) is 0 Å². The molecule has 2 heterocycles. The molecule has 0 unspecified atom stereocenters. The lowest BCUT2D eigenvalue weighted by molar-refractivity contribution is -0.133. The number of likely N-dealkylation sites (tertiary alicyclic amines) is 1. The van der Waals surface area contributed by atoms with E-state index in [0.717, 1.165) is 54.4 Å². The Balaban J connectivity index is 1.91. The van der Waals surface area contributed by atoms with Crippen LogP contribution >= 0.6 is 0 Å². The van der Waals surface area contributed by atoms with E-state index in [4.69, 9.17) is 0 Å². The number of aliphatic hydroxyl groups is 1. The molecule has 24 heavy (non-hydrogen) atoms. The molecular formula is C20H28N2O2. The van der Waals surface area contributed by atoms with Crippen molar-refractivity contribution in [2.75, 3.05) is 13.2 Å². The highest BCUT2D eigenvalue weighted by molar-refractivity contribution is 5.92. The van der Waals surface area contributed by atoms with Gasteiger partial charge in [-0.15, -0.1) is 0 Å². The molecule has 4 nitrogen and oxygen atoms in total. The summed E-state index contributed by atoms with van der Waals surface area (Å²) in [6, 6.07) is 4.31. The summed E-state index contributed by atoms with van der Waals surface area (Å²) in [4.78, 5) is 18.3. The molecule has 1 atom stereocenters. The average molecular weight is 328 g/mol. The number of hydrogen-bond donors (Lipinski definition) is 2. The summed E-state index contributed by atoms with van der Waals surface area (Å²) in [6.07, 6.45) is 4.59. The van der Waals surface area contributed by atoms with Gasteiger partial charge in [0.25, 0.3) is 0 Å². The van der Waals surface area contributed by atoms with E-state index in [2.05, 4.69) is 31.0 Å². The van der Waals surface area contributed by atoms with Gasteiger partial charge in [0.1, 0.15) is 0 Å². The Kier molecular flexibility index (Phi) is 4.95. The Morgan fingerprint density at radius 1 is 1.25 bits per heavy atom. The zero-order valence-corrected chi connectivity index (χ0v) is 15.0. The summed E-state index contributed by atoms with van der Waals surface area (Å²) in [6.45, 7) is 7.08. The first-order chi connectivity index (χ1) is 11.5. The molecule has 1 aromatic heterocycles. The van der Waals surface area contributed by atoms with Crippen molar-refractivity contribution >= 4 is 16.8 Å². The third kappa shape index (κ3) is 3.20. The van der Waals surface area contributed by atoms with Gasteiger partial charge >= 0.3 is 0 Å². The standard InChI is InChI=1S/C20H28N2O2/c1-13-9-14(2)20-18(10-13)17(15(3)21-20)11-19(24)22-8-6-4-5-7-16(22)12-23/h9-10,16,21,23H,4-8,11-12H2,1-3H3/t16-/m0/s1. The minimum atomic E-state index is -0.0195. The molecule has 0 aliphatic carbocycles. The number of H-pyrrole nitrogens is 1. The van der Waals surface area contributed by atoms with Crippen molar-refractivity contribution in [3.05, 3.63) is 34.5 Å². The Bertz CT molecular complexity index is 748. The Hall–Kier alpha value is -1.81. The van der Waals surface area contributed by atoms with Crippen molar-refractivity contribution < 1.29 is 9.90 Å². The average Bonchev–Trinajstić information content (AvgIpc) is 2.74. The molecule has 1 aliphatic heterocycles. The molecule has 3 rings (SSSR count). The molecule has 1 amide bonds. The third-order valence-electron chi connectivity index (χ3n) is 5.31. The molecule has 2 aromatic rings. The van der Waals surface area contributed by atoms with Gasteiger partial charge in [-0.25, -0.2) is 0 Å². The fraction of sp³-hybridized carbons (Fsp3) is 0.550. The lowest BCUT2D eigenvalue weighted by atomic mass is 10.0. The van der Waals surface area contributed by atoms with Gasteiger partial charge < -0.3 is 15.0 Å². The first kappa shape index (κ1) is 17.0. The highest BCUT2D eigenvalue weighted by atomic mass is 16.3. The van der Waals surface area contributed by atoms with Crippen molar-refractivity contribution in [1.29, 1.82) is 0 Å². The second-order valence-corrected chi connectivity index (χ2v) is 7.18. The molecule has 0 bridgehead atoms. The summed E-state index contributed by atoms with van der Waals surface area (Å²) in [5.41, 5.74) is 5.74. The fourth-order valence-corrected chi connectivity index (χ4v) is 4.01. The van der Waals surface area contributed by atoms with Gasteiger partial charge in [-0.3, -0.25) is 4.79 Å². The van der Waals surface area contributed by atoms with E-state index in [1.807, 2.05) is 11.8 Å². The van der Waals surface area contributed by atoms with Crippen LogP contribution in [0.1, 0.15) is 48.1 Å². The predicted octanol–water partition coefficient (Wildman–Crippen LogP) is 3.40. The predicted molar refractivity (Wildman–Crippen MR) is 97.3 cm³/mol. The van der Waals surface area contributed by atoms with E-state index in [9.17, 15) is 9.90 Å². The number of aryl methyl sites for hydroxylation is 3. The van der Waals surface area contributed by atoms with Gasteiger partial charge in [-0.2, -0.15) is 0 Å². The van der Waals surface area contributed by atoms with Gasteiger partial charge in [0.2, 0.25) is 5.91 Å². The van der Waals surface area contributed by atoms with Gasteiger partial charge in [0, 0.05) is 23.1 Å². The SMILES string of the molecule is Cc1cc(C)c2[nH]c(C)c(CC(=O)N3CCCCC[C@H]3CO)c2c1. The number of carbonyl (C=O) groups excluding carboxylic acids is 1. The fourth-order valence-electron chi connectivity index (χ4n) is 4.01. The zero-order chi connectivity index (χ0) is 17.3. The first-order valence-electron chi connectivity index (χ1n) is 9.00. The summed E-state index contributed by atoms with van der Waals surface area (Å²) in [5, 5.41) is 10.8. The second-order valence-electron chi connectivity index (χ2n) is 7.18. The third-order valence-corrected chi connectivity index (χ3v) is 5.31. The Morgan fingerprint density at radius 2 is 2.04 bits per heavy atom. The number of hydrogen-bond acceptors (Lipinski definition) is 2. The minimum absolute atomic E-state index is 0.0195. The molecule has 1 saturated heterocycles. The summed E-state index contributed by atoms with van der Waals surface area (Å²) in [5.74, 6) is 0.138. The molecule has 2 N–H and O–H groups in total. The molecule has 1 aromatic carbocycles. The smallest absolute Gasteiger partial charge is 0.227 e. The minimum Gasteiger partial charge on any atom is -0.394 e. The molecule has 0 spiro atoms. The number of carbonyl (C=O) groups is 1. The summed E-state index contributed by atoms with van der Waals surface area (Å²) in [7, 11) is 0. The van der Waals surface area contributed by atoms with E-state index in [-0.39, 0.29) is 18.6 Å². The highest BCUT2D eigenvalue weighted by Gasteiger charge is 2.26. The summed E-state index contributed by atoms with van der Waals surface area (Å²) >= 11 is 0. The largest absolute Gasteiger partial charge is 0.394 e. The first-order valence-corrected chi connectivity index (χ1v) is 9.00. The molecule has 1 fully saturated rings. The Labute approximate surface area is 143 Å². The number of nitrogens with one attached hydrogen (secondary N) is 1. The molecular weight excluding hydrogens is 300 g/mol. The van der Waals surface area contributed by atoms with Crippen LogP contribution in [0.5, 0.6) is 0 Å². The number of fused-ring (bicyclic) bond motifs is 1. The van der Waals surface area contributed by atoms with Crippen LogP contribution in [-0.2, 0) is 11.2 Å². The van der Waals surface area contributed by atoms with Crippen LogP contribution in [0.3, 0.4) is 0 Å². The van der Waals surface area contributed by atoms with Gasteiger partial charge in [0.15, 0.2) is 0 Å².